The van der Waals surface area contributed by atoms with E-state index in [9.17, 15) is 14.0 Å². The van der Waals surface area contributed by atoms with E-state index in [1.54, 1.807) is 4.90 Å². The monoisotopic (exact) mass is 507 g/mol. The molecule has 36 heavy (non-hydrogen) atoms. The minimum Gasteiger partial charge on any atom is -0.339 e. The Morgan fingerprint density at radius 2 is 1.75 bits per heavy atom. The number of hydrogen-bond acceptors (Lipinski definition) is 5. The summed E-state index contributed by atoms with van der Waals surface area (Å²) >= 11 is 1.51. The third-order valence-electron chi connectivity index (χ3n) is 6.72. The number of imidazole rings is 1. The Morgan fingerprint density at radius 3 is 2.56 bits per heavy atom. The second-order valence-electron chi connectivity index (χ2n) is 9.14. The highest BCUT2D eigenvalue weighted by atomic mass is 32.2. The Labute approximate surface area is 214 Å². The molecule has 0 spiro atoms. The Morgan fingerprint density at radius 1 is 0.944 bits per heavy atom. The van der Waals surface area contributed by atoms with Crippen molar-refractivity contribution in [2.75, 3.05) is 38.5 Å². The smallest absolute Gasteiger partial charge is 0.255 e. The number of carbonyl (C=O) groups is 2. The van der Waals surface area contributed by atoms with Crippen molar-refractivity contribution in [1.29, 1.82) is 0 Å². The molecule has 188 valence electrons. The van der Waals surface area contributed by atoms with Crippen molar-refractivity contribution >= 4 is 23.6 Å². The first-order chi connectivity index (χ1) is 17.6. The zero-order valence-electron chi connectivity index (χ0n) is 20.1. The Hall–Kier alpha value is -3.17. The lowest BCUT2D eigenvalue weighted by Gasteiger charge is -2.29. The first kappa shape index (κ1) is 24.5. The van der Waals surface area contributed by atoms with Crippen LogP contribution >= 0.6 is 11.8 Å². The van der Waals surface area contributed by atoms with Gasteiger partial charge in [-0.2, -0.15) is 0 Å². The Kier molecular flexibility index (Phi) is 7.67. The van der Waals surface area contributed by atoms with Gasteiger partial charge >= 0.3 is 0 Å². The molecule has 3 aromatic rings. The van der Waals surface area contributed by atoms with Crippen molar-refractivity contribution in [3.05, 3.63) is 89.8 Å². The van der Waals surface area contributed by atoms with E-state index >= 15 is 0 Å². The van der Waals surface area contributed by atoms with Crippen LogP contribution in [-0.4, -0.2) is 79.9 Å². The van der Waals surface area contributed by atoms with Crippen LogP contribution in [0.15, 0.2) is 67.0 Å². The number of amides is 2. The summed E-state index contributed by atoms with van der Waals surface area (Å²) in [5, 5.41) is -0.529. The van der Waals surface area contributed by atoms with Crippen LogP contribution in [0.2, 0.25) is 0 Å². The molecule has 1 aromatic heterocycles. The molecule has 1 atom stereocenters. The molecule has 2 aliphatic rings. The first-order valence-electron chi connectivity index (χ1n) is 12.3. The number of nitrogens with zero attached hydrogens (tertiary/aromatic N) is 5. The maximum absolute atomic E-state index is 13.5. The number of carbonyl (C=O) groups excluding carboxylic acids is 2. The van der Waals surface area contributed by atoms with E-state index in [-0.39, 0.29) is 17.6 Å². The molecule has 0 saturated carbocycles. The van der Waals surface area contributed by atoms with Crippen LogP contribution in [0.4, 0.5) is 4.39 Å². The molecule has 2 amide bonds. The van der Waals surface area contributed by atoms with E-state index < -0.39 is 5.37 Å². The molecule has 2 fully saturated rings. The van der Waals surface area contributed by atoms with Gasteiger partial charge in [0.1, 0.15) is 11.6 Å². The average Bonchev–Trinajstić information content (AvgIpc) is 3.49. The lowest BCUT2D eigenvalue weighted by Crippen LogP contribution is -2.47. The summed E-state index contributed by atoms with van der Waals surface area (Å²) < 4.78 is 15.5. The Balaban J connectivity index is 1.19. The second kappa shape index (κ2) is 11.3. The van der Waals surface area contributed by atoms with Crippen LogP contribution < -0.4 is 0 Å². The third kappa shape index (κ3) is 5.63. The van der Waals surface area contributed by atoms with Gasteiger partial charge in [-0.25, -0.2) is 9.37 Å². The fourth-order valence-electron chi connectivity index (χ4n) is 4.76. The largest absolute Gasteiger partial charge is 0.339 e. The van der Waals surface area contributed by atoms with E-state index in [4.69, 9.17) is 0 Å². The number of benzene rings is 2. The molecule has 5 rings (SSSR count). The minimum absolute atomic E-state index is 0.0135. The third-order valence-corrected chi connectivity index (χ3v) is 7.91. The number of aromatic nitrogens is 2. The minimum atomic E-state index is -0.529. The summed E-state index contributed by atoms with van der Waals surface area (Å²) in [6, 6.07) is 15.9. The summed E-state index contributed by atoms with van der Waals surface area (Å²) in [6.45, 7) is 4.96. The van der Waals surface area contributed by atoms with Gasteiger partial charge in [0, 0.05) is 63.0 Å². The number of thioether (sulfide) groups is 1. The maximum Gasteiger partial charge on any atom is 0.255 e. The van der Waals surface area contributed by atoms with Crippen LogP contribution in [0.1, 0.15) is 28.2 Å². The van der Waals surface area contributed by atoms with Gasteiger partial charge in [0.05, 0.1) is 6.54 Å². The second-order valence-corrected chi connectivity index (χ2v) is 10.3. The van der Waals surface area contributed by atoms with E-state index in [0.29, 0.717) is 31.0 Å². The molecule has 0 radical (unpaired) electrons. The van der Waals surface area contributed by atoms with Crippen molar-refractivity contribution in [3.63, 3.8) is 0 Å². The van der Waals surface area contributed by atoms with Crippen LogP contribution in [0, 0.1) is 5.82 Å². The average molecular weight is 508 g/mol. The molecule has 7 nitrogen and oxygen atoms in total. The fraction of sp³-hybridized carbons (Fsp3) is 0.370. The number of halogens is 1. The summed E-state index contributed by atoms with van der Waals surface area (Å²) in [5.74, 6) is 1.11. The van der Waals surface area contributed by atoms with Gasteiger partial charge in [-0.05, 0) is 36.2 Å². The van der Waals surface area contributed by atoms with Gasteiger partial charge in [-0.3, -0.25) is 14.5 Å². The van der Waals surface area contributed by atoms with E-state index in [2.05, 4.69) is 26.6 Å². The fourth-order valence-corrected chi connectivity index (χ4v) is 5.96. The summed E-state index contributed by atoms with van der Waals surface area (Å²) in [4.78, 5) is 36.9. The van der Waals surface area contributed by atoms with Gasteiger partial charge in [0.25, 0.3) is 11.8 Å². The van der Waals surface area contributed by atoms with E-state index in [1.807, 2.05) is 35.5 Å². The van der Waals surface area contributed by atoms with E-state index in [0.717, 1.165) is 38.4 Å². The molecule has 0 N–H and O–H groups in total. The molecule has 9 heteroatoms. The highest BCUT2D eigenvalue weighted by molar-refractivity contribution is 8.00. The van der Waals surface area contributed by atoms with Gasteiger partial charge in [-0.15, -0.1) is 11.8 Å². The van der Waals surface area contributed by atoms with Gasteiger partial charge in [0.2, 0.25) is 0 Å². The van der Waals surface area contributed by atoms with Gasteiger partial charge in [0.15, 0.2) is 5.37 Å². The molecule has 1 unspecified atom stereocenters. The summed E-state index contributed by atoms with van der Waals surface area (Å²) in [5.41, 5.74) is 1.64. The highest BCUT2D eigenvalue weighted by Gasteiger charge is 2.38. The van der Waals surface area contributed by atoms with Crippen LogP contribution in [0.5, 0.6) is 0 Å². The van der Waals surface area contributed by atoms with Crippen LogP contribution in [0.3, 0.4) is 0 Å². The molecule has 0 aliphatic carbocycles. The normalized spacial score (nSPS) is 18.9. The van der Waals surface area contributed by atoms with Crippen molar-refractivity contribution < 1.29 is 14.0 Å². The predicted octanol–water partition coefficient (Wildman–Crippen LogP) is 3.32. The zero-order valence-corrected chi connectivity index (χ0v) is 20.9. The number of hydrogen-bond donors (Lipinski definition) is 0. The molecule has 2 aliphatic heterocycles. The van der Waals surface area contributed by atoms with Gasteiger partial charge in [-0.1, -0.05) is 30.3 Å². The molecule has 3 heterocycles. The topological polar surface area (TPSA) is 61.7 Å². The van der Waals surface area contributed by atoms with Crippen molar-refractivity contribution in [1.82, 2.24) is 24.3 Å². The standard InChI is InChI=1S/C27H30FN5O2S/c28-23-9-7-22(8-10-23)25(34)33-17-18-36-27(33)26(35)31-13-4-12-30(15-16-31)20-24-29-11-14-32(24)19-21-5-2-1-3-6-21/h1-3,5-11,14,27H,4,12-13,15-20H2. The molecule has 2 saturated heterocycles. The Bertz CT molecular complexity index is 1190. The van der Waals surface area contributed by atoms with Crippen LogP contribution in [-0.2, 0) is 17.9 Å². The zero-order chi connectivity index (χ0) is 24.9. The number of rotatable bonds is 6. The van der Waals surface area contributed by atoms with Gasteiger partial charge < -0.3 is 14.4 Å². The first-order valence-corrected chi connectivity index (χ1v) is 13.4. The highest BCUT2D eigenvalue weighted by Crippen LogP contribution is 2.28. The van der Waals surface area contributed by atoms with Crippen molar-refractivity contribution in [3.8, 4) is 0 Å². The molecular weight excluding hydrogens is 477 g/mol. The molecule has 2 aromatic carbocycles. The lowest BCUT2D eigenvalue weighted by molar-refractivity contribution is -0.132. The SMILES string of the molecule is O=C(C1SCCN1C(=O)c1ccc(F)cc1)N1CCCN(Cc2nccn2Cc2ccccc2)CC1. The van der Waals surface area contributed by atoms with Crippen molar-refractivity contribution in [2.45, 2.75) is 24.9 Å². The van der Waals surface area contributed by atoms with E-state index in [1.165, 1.54) is 41.6 Å². The van der Waals surface area contributed by atoms with Crippen molar-refractivity contribution in [2.24, 2.45) is 0 Å². The summed E-state index contributed by atoms with van der Waals surface area (Å²) in [7, 11) is 0. The van der Waals surface area contributed by atoms with Crippen LogP contribution in [0.25, 0.3) is 0 Å². The maximum atomic E-state index is 13.5. The molecule has 0 bridgehead atoms. The lowest BCUT2D eigenvalue weighted by atomic mass is 10.2. The molecular formula is C27H30FN5O2S. The quantitative estimate of drug-likeness (QED) is 0.512. The summed E-state index contributed by atoms with van der Waals surface area (Å²) in [6.07, 6.45) is 4.73. The predicted molar refractivity (Wildman–Crippen MR) is 138 cm³/mol.